The fourth-order valence-electron chi connectivity index (χ4n) is 8.22. The predicted octanol–water partition coefficient (Wildman–Crippen LogP) is 13.6. The zero-order valence-electron chi connectivity index (χ0n) is 30.9. The van der Waals surface area contributed by atoms with Crippen molar-refractivity contribution in [3.8, 4) is 62.0 Å². The molecule has 0 N–H and O–H groups in total. The molecule has 266 valence electrons. The summed E-state index contributed by atoms with van der Waals surface area (Å²) in [5, 5.41) is 5.85. The molecule has 0 aliphatic rings. The number of hydrogen-bond donors (Lipinski definition) is 0. The van der Waals surface area contributed by atoms with Gasteiger partial charge in [-0.3, -0.25) is 0 Å². The number of benzene rings is 8. The van der Waals surface area contributed by atoms with Crippen LogP contribution in [0.5, 0.6) is 0 Å². The van der Waals surface area contributed by atoms with Crippen molar-refractivity contribution in [1.29, 1.82) is 0 Å². The molecule has 0 unspecified atom stereocenters. The lowest BCUT2D eigenvalue weighted by Crippen LogP contribution is -1.96. The molecule has 8 aromatic carbocycles. The third kappa shape index (κ3) is 5.74. The normalized spacial score (nSPS) is 11.5. The van der Waals surface area contributed by atoms with E-state index >= 15 is 0 Å². The average molecular weight is 727 g/mol. The van der Waals surface area contributed by atoms with E-state index in [4.69, 9.17) is 15.0 Å². The highest BCUT2D eigenvalue weighted by atomic mass is 15.0. The maximum Gasteiger partial charge on any atom is 0.160 e. The molecule has 0 radical (unpaired) electrons. The summed E-state index contributed by atoms with van der Waals surface area (Å²) in [6, 6.07) is 72.6. The summed E-state index contributed by atoms with van der Waals surface area (Å²) >= 11 is 0. The quantitative estimate of drug-likeness (QED) is 0.160. The zero-order chi connectivity index (χ0) is 37.7. The summed E-state index contributed by atoms with van der Waals surface area (Å²) in [5.74, 6) is 0.696. The highest BCUT2D eigenvalue weighted by molar-refractivity contribution is 6.20. The number of rotatable bonds is 6. The minimum absolute atomic E-state index is 0.696. The first kappa shape index (κ1) is 32.7. The monoisotopic (exact) mass is 726 g/mol. The molecule has 0 aliphatic carbocycles. The van der Waals surface area contributed by atoms with E-state index in [0.717, 1.165) is 72.4 Å². The van der Waals surface area contributed by atoms with Gasteiger partial charge in [0.1, 0.15) is 0 Å². The largest absolute Gasteiger partial charge is 0.309 e. The Balaban J connectivity index is 1.08. The summed E-state index contributed by atoms with van der Waals surface area (Å²) in [5.41, 5.74) is 13.7. The van der Waals surface area contributed by atoms with Crippen LogP contribution in [0.4, 0.5) is 0 Å². The number of nitrogens with zero attached hydrogens (tertiary/aromatic N) is 4. The molecule has 11 rings (SSSR count). The lowest BCUT2D eigenvalue weighted by Gasteiger charge is -2.14. The second-order valence-electron chi connectivity index (χ2n) is 14.4. The van der Waals surface area contributed by atoms with Gasteiger partial charge in [-0.05, 0) is 65.0 Å². The Morgan fingerprint density at radius 3 is 1.53 bits per heavy atom. The minimum Gasteiger partial charge on any atom is -0.309 e. The summed E-state index contributed by atoms with van der Waals surface area (Å²) in [7, 11) is 0. The average Bonchev–Trinajstić information content (AvgIpc) is 3.62. The van der Waals surface area contributed by atoms with E-state index in [2.05, 4.69) is 174 Å². The molecular weight excluding hydrogens is 693 g/mol. The Morgan fingerprint density at radius 2 is 0.860 bits per heavy atom. The molecule has 0 saturated carbocycles. The third-order valence-electron chi connectivity index (χ3n) is 11.0. The Bertz CT molecular complexity index is 3190. The van der Waals surface area contributed by atoms with Crippen LogP contribution in [0.15, 0.2) is 206 Å². The molecule has 3 heterocycles. The van der Waals surface area contributed by atoms with E-state index in [-0.39, 0.29) is 0 Å². The van der Waals surface area contributed by atoms with Gasteiger partial charge in [0.15, 0.2) is 5.82 Å². The topological polar surface area (TPSA) is 43.6 Å². The molecular formula is C53H34N4. The summed E-state index contributed by atoms with van der Waals surface area (Å²) in [6.07, 6.45) is 0. The van der Waals surface area contributed by atoms with Gasteiger partial charge in [-0.2, -0.15) is 0 Å². The molecule has 11 aromatic rings. The summed E-state index contributed by atoms with van der Waals surface area (Å²) < 4.78 is 2.39. The number of hydrogen-bond acceptors (Lipinski definition) is 3. The maximum absolute atomic E-state index is 5.36. The molecule has 0 amide bonds. The van der Waals surface area contributed by atoms with E-state index in [9.17, 15) is 0 Å². The Morgan fingerprint density at radius 1 is 0.298 bits per heavy atom. The standard InChI is InChI=1S/C53H34N4/c1-5-15-36(16-6-1)48-34-49(37-17-7-2-8-18-37)56-53(55-48)39-27-25-35(26-28-39)40-29-30-47-44(31-40)43-33-51-45(32-46(43)52(54-47)38-19-9-3-10-20-38)42-23-13-14-24-50(42)57(51)41-21-11-4-12-22-41/h1-34H. The lowest BCUT2D eigenvalue weighted by atomic mass is 9.95. The first-order chi connectivity index (χ1) is 28.2. The fraction of sp³-hybridized carbons (Fsp3) is 0. The van der Waals surface area contributed by atoms with E-state index in [0.29, 0.717) is 5.82 Å². The third-order valence-corrected chi connectivity index (χ3v) is 11.0. The van der Waals surface area contributed by atoms with Crippen LogP contribution in [-0.4, -0.2) is 19.5 Å². The second kappa shape index (κ2) is 13.6. The van der Waals surface area contributed by atoms with Gasteiger partial charge in [0, 0.05) is 49.5 Å². The summed E-state index contributed by atoms with van der Waals surface area (Å²) in [4.78, 5) is 15.5. The van der Waals surface area contributed by atoms with Crippen LogP contribution in [0.2, 0.25) is 0 Å². The molecule has 0 spiro atoms. The van der Waals surface area contributed by atoms with E-state index < -0.39 is 0 Å². The van der Waals surface area contributed by atoms with Crippen LogP contribution in [-0.2, 0) is 0 Å². The fourth-order valence-corrected chi connectivity index (χ4v) is 8.22. The lowest BCUT2D eigenvalue weighted by molar-refractivity contribution is 1.18. The van der Waals surface area contributed by atoms with Crippen LogP contribution in [0.1, 0.15) is 0 Å². The molecule has 0 atom stereocenters. The van der Waals surface area contributed by atoms with Crippen LogP contribution < -0.4 is 0 Å². The van der Waals surface area contributed by atoms with Crippen LogP contribution in [0, 0.1) is 0 Å². The molecule has 57 heavy (non-hydrogen) atoms. The van der Waals surface area contributed by atoms with Gasteiger partial charge in [-0.25, -0.2) is 15.0 Å². The molecule has 4 nitrogen and oxygen atoms in total. The van der Waals surface area contributed by atoms with Crippen molar-refractivity contribution in [2.45, 2.75) is 0 Å². The number of aromatic nitrogens is 4. The van der Waals surface area contributed by atoms with Gasteiger partial charge < -0.3 is 4.57 Å². The van der Waals surface area contributed by atoms with Gasteiger partial charge in [0.05, 0.1) is 33.6 Å². The van der Waals surface area contributed by atoms with Gasteiger partial charge in [-0.15, -0.1) is 0 Å². The first-order valence-corrected chi connectivity index (χ1v) is 19.3. The van der Waals surface area contributed by atoms with E-state index in [1.807, 2.05) is 36.4 Å². The summed E-state index contributed by atoms with van der Waals surface area (Å²) in [6.45, 7) is 0. The SMILES string of the molecule is c1ccc(-c2cc(-c3ccccc3)nc(-c3ccc(-c4ccc5nc(-c6ccccc6)c6cc7c8ccccc8n(-c8ccccc8)c7cc6c5c4)cc3)n2)cc1. The Kier molecular flexibility index (Phi) is 7.78. The van der Waals surface area contributed by atoms with Gasteiger partial charge in [-0.1, -0.05) is 158 Å². The molecule has 0 bridgehead atoms. The van der Waals surface area contributed by atoms with E-state index in [1.54, 1.807) is 0 Å². The van der Waals surface area contributed by atoms with Crippen molar-refractivity contribution in [2.75, 3.05) is 0 Å². The minimum atomic E-state index is 0.696. The van der Waals surface area contributed by atoms with Crippen molar-refractivity contribution in [2.24, 2.45) is 0 Å². The van der Waals surface area contributed by atoms with Crippen molar-refractivity contribution in [3.05, 3.63) is 206 Å². The van der Waals surface area contributed by atoms with Gasteiger partial charge in [0.25, 0.3) is 0 Å². The number of pyridine rings is 1. The van der Waals surface area contributed by atoms with Crippen LogP contribution in [0.25, 0.3) is 105 Å². The number of fused-ring (bicyclic) bond motifs is 6. The van der Waals surface area contributed by atoms with Crippen LogP contribution in [0.3, 0.4) is 0 Å². The highest BCUT2D eigenvalue weighted by Crippen LogP contribution is 2.41. The van der Waals surface area contributed by atoms with Crippen molar-refractivity contribution >= 4 is 43.5 Å². The number of para-hydroxylation sites is 2. The first-order valence-electron chi connectivity index (χ1n) is 19.3. The van der Waals surface area contributed by atoms with Gasteiger partial charge in [0.2, 0.25) is 0 Å². The molecule has 4 heteroatoms. The molecule has 3 aromatic heterocycles. The maximum atomic E-state index is 5.36. The van der Waals surface area contributed by atoms with Crippen molar-refractivity contribution in [3.63, 3.8) is 0 Å². The van der Waals surface area contributed by atoms with Gasteiger partial charge >= 0.3 is 0 Å². The van der Waals surface area contributed by atoms with Crippen molar-refractivity contribution in [1.82, 2.24) is 19.5 Å². The van der Waals surface area contributed by atoms with Crippen molar-refractivity contribution < 1.29 is 0 Å². The predicted molar refractivity (Wildman–Crippen MR) is 236 cm³/mol. The second-order valence-corrected chi connectivity index (χ2v) is 14.4. The Labute approximate surface area is 330 Å². The molecule has 0 saturated heterocycles. The van der Waals surface area contributed by atoms with Crippen LogP contribution >= 0.6 is 0 Å². The highest BCUT2D eigenvalue weighted by Gasteiger charge is 2.18. The smallest absolute Gasteiger partial charge is 0.160 e. The van der Waals surface area contributed by atoms with E-state index in [1.165, 1.54) is 27.2 Å². The zero-order valence-corrected chi connectivity index (χ0v) is 30.9. The Hall–Kier alpha value is -7.69. The molecule has 0 fully saturated rings. The molecule has 0 aliphatic heterocycles.